The van der Waals surface area contributed by atoms with E-state index in [1.807, 2.05) is 54.6 Å². The smallest absolute Gasteiger partial charge is 0.346 e. The molecule has 2 aliphatic rings. The van der Waals surface area contributed by atoms with Crippen molar-refractivity contribution in [3.05, 3.63) is 65.1 Å². The van der Waals surface area contributed by atoms with E-state index in [2.05, 4.69) is 0 Å². The van der Waals surface area contributed by atoms with E-state index in [0.29, 0.717) is 4.91 Å². The van der Waals surface area contributed by atoms with Crippen LogP contribution in [0.5, 0.6) is 0 Å². The summed E-state index contributed by atoms with van der Waals surface area (Å²) in [6, 6.07) is 17.6. The van der Waals surface area contributed by atoms with Crippen molar-refractivity contribution < 1.29 is 14.1 Å². The number of esters is 1. The van der Waals surface area contributed by atoms with Gasteiger partial charge in [0.2, 0.25) is 0 Å². The molecule has 1 spiro atoms. The molecule has 1 aliphatic carbocycles. The van der Waals surface area contributed by atoms with Crippen LogP contribution in [0.15, 0.2) is 69.3 Å². The van der Waals surface area contributed by atoms with Crippen molar-refractivity contribution in [1.29, 1.82) is 0 Å². The van der Waals surface area contributed by atoms with Gasteiger partial charge in [0.15, 0.2) is 4.90 Å². The zero-order valence-electron chi connectivity index (χ0n) is 14.6. The lowest BCUT2D eigenvalue weighted by molar-refractivity contribution is -0.144. The topological polar surface area (TPSA) is 49.4 Å². The van der Waals surface area contributed by atoms with Crippen LogP contribution in [0.1, 0.15) is 31.2 Å². The molecule has 5 heteroatoms. The van der Waals surface area contributed by atoms with Gasteiger partial charge in [-0.1, -0.05) is 30.0 Å². The van der Waals surface area contributed by atoms with Gasteiger partial charge in [-0.2, -0.15) is 0 Å². The first-order valence-corrected chi connectivity index (χ1v) is 11.1. The molecule has 0 amide bonds. The number of carbonyl (C=O) groups is 1. The molecule has 1 atom stereocenters. The summed E-state index contributed by atoms with van der Waals surface area (Å²) in [6.45, 7) is 0. The Morgan fingerprint density at radius 3 is 2.31 bits per heavy atom. The normalized spacial score (nSPS) is 19.8. The number of hydrogen-bond acceptors (Lipinski definition) is 4. The highest BCUT2D eigenvalue weighted by Crippen LogP contribution is 2.53. The lowest BCUT2D eigenvalue weighted by atomic mass is 9.87. The van der Waals surface area contributed by atoms with Crippen LogP contribution in [0, 0.1) is 0 Å². The van der Waals surface area contributed by atoms with E-state index in [0.717, 1.165) is 46.6 Å². The molecule has 1 saturated carbocycles. The van der Waals surface area contributed by atoms with Gasteiger partial charge in [-0.15, -0.1) is 0 Å². The molecule has 0 bridgehead atoms. The fraction of sp³-hybridized carbons (Fsp3) is 0.286. The Kier molecular flexibility index (Phi) is 4.86. The Hall–Kier alpha value is -1.69. The minimum absolute atomic E-state index is 0.223. The van der Waals surface area contributed by atoms with E-state index in [4.69, 9.17) is 4.74 Å². The maximum absolute atomic E-state index is 12.7. The van der Waals surface area contributed by atoms with Crippen molar-refractivity contribution in [2.75, 3.05) is 6.26 Å². The molecular weight excluding hydrogens is 364 g/mol. The Morgan fingerprint density at radius 1 is 1.04 bits per heavy atom. The minimum atomic E-state index is -1.02. The van der Waals surface area contributed by atoms with Gasteiger partial charge in [0.05, 0.1) is 0 Å². The van der Waals surface area contributed by atoms with Gasteiger partial charge in [-0.25, -0.2) is 4.79 Å². The minimum Gasteiger partial charge on any atom is -0.612 e. The maximum atomic E-state index is 12.7. The molecule has 1 heterocycles. The summed E-state index contributed by atoms with van der Waals surface area (Å²) in [4.78, 5) is 15.2. The second-order valence-electron chi connectivity index (χ2n) is 6.69. The van der Waals surface area contributed by atoms with Crippen molar-refractivity contribution in [2.45, 2.75) is 41.1 Å². The van der Waals surface area contributed by atoms with E-state index in [-0.39, 0.29) is 5.97 Å². The first-order valence-electron chi connectivity index (χ1n) is 8.74. The van der Waals surface area contributed by atoms with Crippen molar-refractivity contribution in [2.24, 2.45) is 0 Å². The van der Waals surface area contributed by atoms with Crippen LogP contribution in [0.4, 0.5) is 0 Å². The molecule has 1 fully saturated rings. The highest BCUT2D eigenvalue weighted by molar-refractivity contribution is 8.04. The molecule has 2 aromatic carbocycles. The summed E-state index contributed by atoms with van der Waals surface area (Å²) < 4.78 is 17.6. The quantitative estimate of drug-likeness (QED) is 0.561. The van der Waals surface area contributed by atoms with Crippen molar-refractivity contribution in [1.82, 2.24) is 0 Å². The monoisotopic (exact) mass is 384 g/mol. The number of ether oxygens (including phenoxy) is 1. The number of hydrogen-bond donors (Lipinski definition) is 0. The number of benzene rings is 2. The molecule has 0 N–H and O–H groups in total. The molecule has 2 aromatic rings. The van der Waals surface area contributed by atoms with E-state index < -0.39 is 16.8 Å². The molecule has 0 radical (unpaired) electrons. The summed E-state index contributed by atoms with van der Waals surface area (Å²) in [7, 11) is 0. The third kappa shape index (κ3) is 3.20. The summed E-state index contributed by atoms with van der Waals surface area (Å²) in [6.07, 6.45) is 5.54. The predicted molar refractivity (Wildman–Crippen MR) is 105 cm³/mol. The predicted octanol–water partition coefficient (Wildman–Crippen LogP) is 4.80. The van der Waals surface area contributed by atoms with E-state index in [9.17, 15) is 9.35 Å². The van der Waals surface area contributed by atoms with Gasteiger partial charge in [0, 0.05) is 10.5 Å². The van der Waals surface area contributed by atoms with Gasteiger partial charge in [-0.3, -0.25) is 0 Å². The zero-order valence-corrected chi connectivity index (χ0v) is 16.2. The summed E-state index contributed by atoms with van der Waals surface area (Å²) >= 11 is 0.463. The standard InChI is InChI=1S/C21H20O3S2/c1-26(23)17-11-9-15(10-12-17)18-19(25-16-7-3-2-4-8-16)20(22)24-21(18)13-5-6-14-21/h2-4,7-12H,5-6,13-14H2,1H3. The van der Waals surface area contributed by atoms with Gasteiger partial charge >= 0.3 is 5.97 Å². The van der Waals surface area contributed by atoms with Gasteiger partial charge in [0.1, 0.15) is 16.8 Å². The molecule has 134 valence electrons. The Morgan fingerprint density at radius 2 is 1.69 bits per heavy atom. The first-order chi connectivity index (χ1) is 12.6. The molecule has 26 heavy (non-hydrogen) atoms. The number of carbonyl (C=O) groups excluding carboxylic acids is 1. The number of rotatable bonds is 4. The molecule has 1 unspecified atom stereocenters. The number of thioether (sulfide) groups is 1. The van der Waals surface area contributed by atoms with Crippen LogP contribution >= 0.6 is 11.8 Å². The lowest BCUT2D eigenvalue weighted by Gasteiger charge is -2.26. The Labute approximate surface area is 161 Å². The van der Waals surface area contributed by atoms with Crippen molar-refractivity contribution in [3.8, 4) is 0 Å². The van der Waals surface area contributed by atoms with Crippen LogP contribution in [-0.2, 0) is 20.7 Å². The summed E-state index contributed by atoms with van der Waals surface area (Å²) in [5.74, 6) is -0.223. The fourth-order valence-electron chi connectivity index (χ4n) is 3.79. The van der Waals surface area contributed by atoms with Crippen molar-refractivity contribution in [3.63, 3.8) is 0 Å². The molecule has 0 saturated heterocycles. The highest BCUT2D eigenvalue weighted by atomic mass is 32.2. The molecule has 4 rings (SSSR count). The van der Waals surface area contributed by atoms with Crippen LogP contribution in [0.25, 0.3) is 5.57 Å². The van der Waals surface area contributed by atoms with Crippen LogP contribution < -0.4 is 0 Å². The largest absolute Gasteiger partial charge is 0.612 e. The van der Waals surface area contributed by atoms with E-state index >= 15 is 0 Å². The fourth-order valence-corrected chi connectivity index (χ4v) is 5.37. The highest BCUT2D eigenvalue weighted by Gasteiger charge is 2.50. The second kappa shape index (κ2) is 7.14. The Balaban J connectivity index is 1.80. The Bertz CT molecular complexity index is 835. The third-order valence-corrected chi connectivity index (χ3v) is 7.02. The third-order valence-electron chi connectivity index (χ3n) is 5.01. The summed E-state index contributed by atoms with van der Waals surface area (Å²) in [5, 5.41) is 0. The average Bonchev–Trinajstić information content (AvgIpc) is 3.21. The second-order valence-corrected chi connectivity index (χ2v) is 9.15. The summed E-state index contributed by atoms with van der Waals surface area (Å²) in [5.41, 5.74) is 1.49. The molecule has 1 aliphatic heterocycles. The van der Waals surface area contributed by atoms with Gasteiger partial charge in [-0.05, 0) is 78.8 Å². The molecular formula is C21H20O3S2. The van der Waals surface area contributed by atoms with Crippen LogP contribution in [0.2, 0.25) is 0 Å². The van der Waals surface area contributed by atoms with E-state index in [1.54, 1.807) is 6.26 Å². The van der Waals surface area contributed by atoms with Crippen LogP contribution in [0.3, 0.4) is 0 Å². The van der Waals surface area contributed by atoms with Gasteiger partial charge < -0.3 is 9.29 Å². The van der Waals surface area contributed by atoms with E-state index in [1.165, 1.54) is 11.8 Å². The van der Waals surface area contributed by atoms with Crippen LogP contribution in [-0.4, -0.2) is 22.4 Å². The molecule has 3 nitrogen and oxygen atoms in total. The lowest BCUT2D eigenvalue weighted by Crippen LogP contribution is -2.27. The maximum Gasteiger partial charge on any atom is 0.346 e. The molecule has 0 aromatic heterocycles. The SMILES string of the molecule is C[S+]([O-])c1ccc(C2=C(Sc3ccccc3)C(=O)OC23CCCC3)cc1. The van der Waals surface area contributed by atoms with Crippen molar-refractivity contribution >= 4 is 34.5 Å². The van der Waals surface area contributed by atoms with Gasteiger partial charge in [0.25, 0.3) is 0 Å². The average molecular weight is 385 g/mol. The zero-order chi connectivity index (χ0) is 18.1. The first kappa shape index (κ1) is 17.7.